The van der Waals surface area contributed by atoms with Crippen LogP contribution in [0.15, 0.2) is 30.4 Å². The zero-order chi connectivity index (χ0) is 15.5. The molecular formula is C16H18F2N2O2. The van der Waals surface area contributed by atoms with Crippen molar-refractivity contribution in [3.8, 4) is 0 Å². The van der Waals surface area contributed by atoms with Crippen molar-refractivity contribution in [1.82, 2.24) is 10.6 Å². The Hall–Kier alpha value is -1.95. The first-order chi connectivity index (χ1) is 10.6. The van der Waals surface area contributed by atoms with Crippen molar-refractivity contribution in [2.75, 3.05) is 6.61 Å². The van der Waals surface area contributed by atoms with Gasteiger partial charge < -0.3 is 15.4 Å². The number of carbonyl (C=O) groups is 1. The standard InChI is InChI=1S/C16H18F2N2O2/c17-12-6-5-10(9-13(12)18)15-14(7-8-22-15)20-16(21)19-11-3-1-2-4-11/h1-2,5-6,9,11,14-15H,3-4,7-8H2,(H2,19,20,21)/t14-,15+/m0/s1. The molecule has 1 heterocycles. The van der Waals surface area contributed by atoms with Gasteiger partial charge in [-0.1, -0.05) is 18.2 Å². The number of halogens is 2. The first-order valence-electron chi connectivity index (χ1n) is 7.42. The zero-order valence-corrected chi connectivity index (χ0v) is 12.0. The molecule has 4 nitrogen and oxygen atoms in total. The first kappa shape index (κ1) is 15.0. The summed E-state index contributed by atoms with van der Waals surface area (Å²) in [5.74, 6) is -1.80. The van der Waals surface area contributed by atoms with E-state index in [9.17, 15) is 13.6 Å². The average Bonchev–Trinajstić information content (AvgIpc) is 3.13. The molecule has 0 saturated carbocycles. The van der Waals surface area contributed by atoms with E-state index in [-0.39, 0.29) is 18.1 Å². The molecule has 1 saturated heterocycles. The van der Waals surface area contributed by atoms with Gasteiger partial charge in [-0.3, -0.25) is 0 Å². The molecule has 1 aromatic carbocycles. The van der Waals surface area contributed by atoms with Gasteiger partial charge in [-0.05, 0) is 37.0 Å². The molecule has 2 amide bonds. The number of hydrogen-bond acceptors (Lipinski definition) is 2. The summed E-state index contributed by atoms with van der Waals surface area (Å²) in [6.45, 7) is 0.472. The Labute approximate surface area is 127 Å². The van der Waals surface area contributed by atoms with Crippen LogP contribution in [0, 0.1) is 11.6 Å². The predicted octanol–water partition coefficient (Wildman–Crippen LogP) is 2.81. The van der Waals surface area contributed by atoms with E-state index in [0.29, 0.717) is 18.6 Å². The normalized spacial score (nSPS) is 24.6. The van der Waals surface area contributed by atoms with Gasteiger partial charge in [-0.25, -0.2) is 13.6 Å². The summed E-state index contributed by atoms with van der Waals surface area (Å²) in [6.07, 6.45) is 5.92. The highest BCUT2D eigenvalue weighted by molar-refractivity contribution is 5.74. The van der Waals surface area contributed by atoms with Crippen molar-refractivity contribution in [1.29, 1.82) is 0 Å². The molecule has 2 aliphatic rings. The van der Waals surface area contributed by atoms with Crippen molar-refractivity contribution in [2.45, 2.75) is 37.5 Å². The molecule has 0 bridgehead atoms. The highest BCUT2D eigenvalue weighted by atomic mass is 19.2. The summed E-state index contributed by atoms with van der Waals surface area (Å²) in [7, 11) is 0. The number of nitrogens with one attached hydrogen (secondary N) is 2. The highest BCUT2D eigenvalue weighted by Crippen LogP contribution is 2.30. The van der Waals surface area contributed by atoms with Gasteiger partial charge in [-0.2, -0.15) is 0 Å². The lowest BCUT2D eigenvalue weighted by Gasteiger charge is -2.22. The van der Waals surface area contributed by atoms with Gasteiger partial charge in [0.15, 0.2) is 11.6 Å². The molecule has 22 heavy (non-hydrogen) atoms. The maximum atomic E-state index is 13.4. The largest absolute Gasteiger partial charge is 0.371 e. The second-order valence-corrected chi connectivity index (χ2v) is 5.62. The van der Waals surface area contributed by atoms with Crippen LogP contribution < -0.4 is 10.6 Å². The Balaban J connectivity index is 1.62. The second-order valence-electron chi connectivity index (χ2n) is 5.62. The van der Waals surface area contributed by atoms with Crippen LogP contribution in [-0.2, 0) is 4.74 Å². The van der Waals surface area contributed by atoms with Gasteiger partial charge in [0, 0.05) is 12.6 Å². The Morgan fingerprint density at radius 1 is 1.14 bits per heavy atom. The number of urea groups is 1. The molecule has 1 aromatic rings. The molecular weight excluding hydrogens is 290 g/mol. The van der Waals surface area contributed by atoms with Gasteiger partial charge in [0.1, 0.15) is 6.10 Å². The van der Waals surface area contributed by atoms with E-state index in [0.717, 1.165) is 25.0 Å². The molecule has 1 fully saturated rings. The molecule has 0 spiro atoms. The first-order valence-corrected chi connectivity index (χ1v) is 7.42. The summed E-state index contributed by atoms with van der Waals surface area (Å²) < 4.78 is 31.9. The molecule has 3 rings (SSSR count). The third kappa shape index (κ3) is 3.27. The molecule has 2 atom stereocenters. The third-order valence-electron chi connectivity index (χ3n) is 4.02. The van der Waals surface area contributed by atoms with Crippen LogP contribution in [0.5, 0.6) is 0 Å². The SMILES string of the molecule is O=C(NC1CC=CC1)N[C@H]1CCO[C@@H]1c1ccc(F)c(F)c1. The Bertz CT molecular complexity index is 584. The summed E-state index contributed by atoms with van der Waals surface area (Å²) >= 11 is 0. The maximum absolute atomic E-state index is 13.4. The van der Waals surface area contributed by atoms with Gasteiger partial charge in [0.2, 0.25) is 0 Å². The van der Waals surface area contributed by atoms with E-state index in [1.807, 2.05) is 12.2 Å². The third-order valence-corrected chi connectivity index (χ3v) is 4.02. The van der Waals surface area contributed by atoms with E-state index in [1.165, 1.54) is 6.07 Å². The van der Waals surface area contributed by atoms with Gasteiger partial charge in [-0.15, -0.1) is 0 Å². The molecule has 0 radical (unpaired) electrons. The zero-order valence-electron chi connectivity index (χ0n) is 12.0. The summed E-state index contributed by atoms with van der Waals surface area (Å²) in [6, 6.07) is 3.31. The van der Waals surface area contributed by atoms with E-state index in [4.69, 9.17) is 4.74 Å². The minimum absolute atomic E-state index is 0.129. The Morgan fingerprint density at radius 2 is 1.91 bits per heavy atom. The maximum Gasteiger partial charge on any atom is 0.315 e. The minimum atomic E-state index is -0.909. The average molecular weight is 308 g/mol. The molecule has 0 aromatic heterocycles. The number of benzene rings is 1. The molecule has 1 aliphatic carbocycles. The molecule has 6 heteroatoms. The summed E-state index contributed by atoms with van der Waals surface area (Å²) in [5.41, 5.74) is 0.532. The van der Waals surface area contributed by atoms with Crippen LogP contribution in [0.1, 0.15) is 30.9 Å². The molecule has 1 aliphatic heterocycles. The predicted molar refractivity (Wildman–Crippen MR) is 77.3 cm³/mol. The van der Waals surface area contributed by atoms with E-state index in [1.54, 1.807) is 0 Å². The van der Waals surface area contributed by atoms with Crippen molar-refractivity contribution in [3.63, 3.8) is 0 Å². The smallest absolute Gasteiger partial charge is 0.315 e. The summed E-state index contributed by atoms with van der Waals surface area (Å²) in [4.78, 5) is 12.0. The van der Waals surface area contributed by atoms with Crippen molar-refractivity contribution >= 4 is 6.03 Å². The van der Waals surface area contributed by atoms with Crippen molar-refractivity contribution in [2.24, 2.45) is 0 Å². The minimum Gasteiger partial charge on any atom is -0.371 e. The number of hydrogen-bond donors (Lipinski definition) is 2. The van der Waals surface area contributed by atoms with E-state index in [2.05, 4.69) is 10.6 Å². The molecule has 2 N–H and O–H groups in total. The van der Waals surface area contributed by atoms with Crippen LogP contribution in [0.4, 0.5) is 13.6 Å². The Morgan fingerprint density at radius 3 is 2.64 bits per heavy atom. The van der Waals surface area contributed by atoms with Crippen LogP contribution in [-0.4, -0.2) is 24.7 Å². The summed E-state index contributed by atoms with van der Waals surface area (Å²) in [5, 5.41) is 5.77. The van der Waals surface area contributed by atoms with E-state index >= 15 is 0 Å². The number of carbonyl (C=O) groups excluding carboxylic acids is 1. The van der Waals surface area contributed by atoms with Crippen LogP contribution in [0.25, 0.3) is 0 Å². The van der Waals surface area contributed by atoms with Crippen LogP contribution in [0.3, 0.4) is 0 Å². The lowest BCUT2D eigenvalue weighted by Crippen LogP contribution is -2.46. The fraction of sp³-hybridized carbons (Fsp3) is 0.438. The van der Waals surface area contributed by atoms with Gasteiger partial charge in [0.25, 0.3) is 0 Å². The topological polar surface area (TPSA) is 50.4 Å². The van der Waals surface area contributed by atoms with E-state index < -0.39 is 17.7 Å². The van der Waals surface area contributed by atoms with Gasteiger partial charge in [0.05, 0.1) is 6.04 Å². The van der Waals surface area contributed by atoms with Gasteiger partial charge >= 0.3 is 6.03 Å². The van der Waals surface area contributed by atoms with Crippen LogP contribution in [0.2, 0.25) is 0 Å². The number of amides is 2. The monoisotopic (exact) mass is 308 g/mol. The second kappa shape index (κ2) is 6.44. The number of rotatable bonds is 3. The quantitative estimate of drug-likeness (QED) is 0.844. The molecule has 0 unspecified atom stereocenters. The highest BCUT2D eigenvalue weighted by Gasteiger charge is 2.31. The lowest BCUT2D eigenvalue weighted by molar-refractivity contribution is 0.0994. The number of ether oxygens (including phenoxy) is 1. The lowest BCUT2D eigenvalue weighted by atomic mass is 10.0. The van der Waals surface area contributed by atoms with Crippen molar-refractivity contribution < 1.29 is 18.3 Å². The van der Waals surface area contributed by atoms with Crippen LogP contribution >= 0.6 is 0 Å². The van der Waals surface area contributed by atoms with Crippen molar-refractivity contribution in [3.05, 3.63) is 47.5 Å². The fourth-order valence-electron chi connectivity index (χ4n) is 2.89. The fourth-order valence-corrected chi connectivity index (χ4v) is 2.89. The molecule has 118 valence electrons. The Kier molecular flexibility index (Phi) is 4.38.